The minimum atomic E-state index is 0.338. The third kappa shape index (κ3) is 1.05. The van der Waals surface area contributed by atoms with Crippen molar-refractivity contribution in [2.75, 3.05) is 6.61 Å². The first kappa shape index (κ1) is 7.80. The van der Waals surface area contributed by atoms with Crippen molar-refractivity contribution in [1.82, 2.24) is 9.78 Å². The molecule has 0 saturated carbocycles. The Labute approximate surface area is 72.3 Å². The molecule has 1 saturated heterocycles. The molecule has 3 nitrogen and oxygen atoms in total. The highest BCUT2D eigenvalue weighted by molar-refractivity contribution is 5.29. The van der Waals surface area contributed by atoms with Gasteiger partial charge in [0.15, 0.2) is 0 Å². The Kier molecular flexibility index (Phi) is 1.68. The SMILES string of the molecule is CCn1nc(C)c(C2CO2)c1C. The predicted octanol–water partition coefficient (Wildman–Crippen LogP) is 1.59. The summed E-state index contributed by atoms with van der Waals surface area (Å²) in [7, 11) is 0. The van der Waals surface area contributed by atoms with E-state index in [0.29, 0.717) is 6.10 Å². The first-order valence-corrected chi connectivity index (χ1v) is 4.39. The van der Waals surface area contributed by atoms with Gasteiger partial charge in [0.05, 0.1) is 12.3 Å². The molecule has 12 heavy (non-hydrogen) atoms. The van der Waals surface area contributed by atoms with E-state index in [4.69, 9.17) is 4.74 Å². The van der Waals surface area contributed by atoms with Crippen LogP contribution in [0.1, 0.15) is 30.0 Å². The van der Waals surface area contributed by atoms with Gasteiger partial charge >= 0.3 is 0 Å². The maximum Gasteiger partial charge on any atom is 0.110 e. The van der Waals surface area contributed by atoms with Crippen molar-refractivity contribution in [2.45, 2.75) is 33.4 Å². The molecule has 0 amide bonds. The van der Waals surface area contributed by atoms with Crippen molar-refractivity contribution in [3.8, 4) is 0 Å². The maximum absolute atomic E-state index is 5.26. The maximum atomic E-state index is 5.26. The molecule has 0 N–H and O–H groups in total. The standard InChI is InChI=1S/C9H14N2O/c1-4-11-7(3)9(6(2)10-11)8-5-12-8/h8H,4-5H2,1-3H3. The molecule has 1 aromatic heterocycles. The second-order valence-electron chi connectivity index (χ2n) is 3.22. The second-order valence-corrected chi connectivity index (χ2v) is 3.22. The van der Waals surface area contributed by atoms with E-state index in [-0.39, 0.29) is 0 Å². The van der Waals surface area contributed by atoms with Gasteiger partial charge in [-0.2, -0.15) is 5.10 Å². The Balaban J connectivity index is 2.44. The summed E-state index contributed by atoms with van der Waals surface area (Å²) in [5, 5.41) is 4.43. The van der Waals surface area contributed by atoms with Gasteiger partial charge in [-0.1, -0.05) is 0 Å². The molecule has 2 heterocycles. The number of aromatic nitrogens is 2. The monoisotopic (exact) mass is 166 g/mol. The Morgan fingerprint density at radius 1 is 1.58 bits per heavy atom. The van der Waals surface area contributed by atoms with E-state index < -0.39 is 0 Å². The quantitative estimate of drug-likeness (QED) is 0.624. The molecule has 3 heteroatoms. The van der Waals surface area contributed by atoms with E-state index in [0.717, 1.165) is 18.8 Å². The Hall–Kier alpha value is -0.830. The second kappa shape index (κ2) is 2.59. The highest BCUT2D eigenvalue weighted by Gasteiger charge is 2.30. The first-order chi connectivity index (χ1) is 5.74. The van der Waals surface area contributed by atoms with Crippen LogP contribution in [0, 0.1) is 13.8 Å². The number of epoxide rings is 1. The van der Waals surface area contributed by atoms with Crippen molar-refractivity contribution >= 4 is 0 Å². The summed E-state index contributed by atoms with van der Waals surface area (Å²) in [4.78, 5) is 0. The summed E-state index contributed by atoms with van der Waals surface area (Å²) >= 11 is 0. The zero-order chi connectivity index (χ0) is 8.72. The lowest BCUT2D eigenvalue weighted by Gasteiger charge is -1.98. The van der Waals surface area contributed by atoms with Crippen LogP contribution >= 0.6 is 0 Å². The summed E-state index contributed by atoms with van der Waals surface area (Å²) < 4.78 is 7.29. The van der Waals surface area contributed by atoms with Gasteiger partial charge in [0.1, 0.15) is 6.10 Å². The Morgan fingerprint density at radius 2 is 2.25 bits per heavy atom. The smallest absolute Gasteiger partial charge is 0.110 e. The van der Waals surface area contributed by atoms with Crippen LogP contribution in [-0.4, -0.2) is 16.4 Å². The minimum absolute atomic E-state index is 0.338. The lowest BCUT2D eigenvalue weighted by molar-refractivity contribution is 0.414. The molecular formula is C9H14N2O. The average molecular weight is 166 g/mol. The molecule has 1 fully saturated rings. The van der Waals surface area contributed by atoms with E-state index >= 15 is 0 Å². The topological polar surface area (TPSA) is 30.4 Å². The number of hydrogen-bond donors (Lipinski definition) is 0. The summed E-state index contributed by atoms with van der Waals surface area (Å²) in [5.41, 5.74) is 3.69. The summed E-state index contributed by atoms with van der Waals surface area (Å²) in [6.45, 7) is 8.09. The molecule has 1 unspecified atom stereocenters. The minimum Gasteiger partial charge on any atom is -0.368 e. The average Bonchev–Trinajstić information content (AvgIpc) is 2.80. The first-order valence-electron chi connectivity index (χ1n) is 4.39. The molecule has 0 aliphatic carbocycles. The molecule has 0 bridgehead atoms. The number of aryl methyl sites for hydroxylation is 2. The summed E-state index contributed by atoms with van der Waals surface area (Å²) in [5.74, 6) is 0. The number of rotatable bonds is 2. The Bertz CT molecular complexity index is 300. The van der Waals surface area contributed by atoms with Crippen LogP contribution in [0.25, 0.3) is 0 Å². The molecular weight excluding hydrogens is 152 g/mol. The van der Waals surface area contributed by atoms with Crippen LogP contribution in [-0.2, 0) is 11.3 Å². The fourth-order valence-electron chi connectivity index (χ4n) is 1.70. The van der Waals surface area contributed by atoms with Crippen LogP contribution in [0.4, 0.5) is 0 Å². The van der Waals surface area contributed by atoms with Crippen molar-refractivity contribution in [3.05, 3.63) is 17.0 Å². The fourth-order valence-corrected chi connectivity index (χ4v) is 1.70. The van der Waals surface area contributed by atoms with Crippen LogP contribution in [0.5, 0.6) is 0 Å². The lowest BCUT2D eigenvalue weighted by Crippen LogP contribution is -1.99. The molecule has 1 aromatic rings. The molecule has 0 aromatic carbocycles. The summed E-state index contributed by atoms with van der Waals surface area (Å²) in [6.07, 6.45) is 0.338. The van der Waals surface area contributed by atoms with E-state index in [9.17, 15) is 0 Å². The van der Waals surface area contributed by atoms with Gasteiger partial charge in [0.2, 0.25) is 0 Å². The molecule has 0 spiro atoms. The van der Waals surface area contributed by atoms with Crippen LogP contribution in [0.3, 0.4) is 0 Å². The van der Waals surface area contributed by atoms with Crippen molar-refractivity contribution in [2.24, 2.45) is 0 Å². The fraction of sp³-hybridized carbons (Fsp3) is 0.667. The van der Waals surface area contributed by atoms with Gasteiger partial charge < -0.3 is 4.74 Å². The largest absolute Gasteiger partial charge is 0.368 e. The predicted molar refractivity (Wildman–Crippen MR) is 46.1 cm³/mol. The third-order valence-corrected chi connectivity index (χ3v) is 2.39. The van der Waals surface area contributed by atoms with Crippen molar-refractivity contribution < 1.29 is 4.74 Å². The van der Waals surface area contributed by atoms with E-state index in [2.05, 4.69) is 25.9 Å². The number of hydrogen-bond acceptors (Lipinski definition) is 2. The number of ether oxygens (including phenoxy) is 1. The van der Waals surface area contributed by atoms with E-state index in [1.54, 1.807) is 0 Å². The van der Waals surface area contributed by atoms with Gasteiger partial charge in [-0.05, 0) is 20.8 Å². The van der Waals surface area contributed by atoms with Gasteiger partial charge in [-0.3, -0.25) is 4.68 Å². The molecule has 0 radical (unpaired) electrons. The zero-order valence-corrected chi connectivity index (χ0v) is 7.79. The lowest BCUT2D eigenvalue weighted by atomic mass is 10.1. The van der Waals surface area contributed by atoms with Crippen molar-refractivity contribution in [1.29, 1.82) is 0 Å². The van der Waals surface area contributed by atoms with Gasteiger partial charge in [-0.15, -0.1) is 0 Å². The highest BCUT2D eigenvalue weighted by atomic mass is 16.6. The summed E-state index contributed by atoms with van der Waals surface area (Å²) in [6, 6.07) is 0. The zero-order valence-electron chi connectivity index (χ0n) is 7.79. The molecule has 1 atom stereocenters. The van der Waals surface area contributed by atoms with Gasteiger partial charge in [0.25, 0.3) is 0 Å². The van der Waals surface area contributed by atoms with Crippen LogP contribution < -0.4 is 0 Å². The Morgan fingerprint density at radius 3 is 2.67 bits per heavy atom. The molecule has 1 aliphatic rings. The van der Waals surface area contributed by atoms with Crippen molar-refractivity contribution in [3.63, 3.8) is 0 Å². The normalized spacial score (nSPS) is 21.4. The third-order valence-electron chi connectivity index (χ3n) is 2.39. The molecule has 66 valence electrons. The highest BCUT2D eigenvalue weighted by Crippen LogP contribution is 2.34. The molecule has 1 aliphatic heterocycles. The van der Waals surface area contributed by atoms with Gasteiger partial charge in [-0.25, -0.2) is 0 Å². The van der Waals surface area contributed by atoms with E-state index in [1.165, 1.54) is 11.3 Å². The van der Waals surface area contributed by atoms with Crippen LogP contribution in [0.15, 0.2) is 0 Å². The molecule has 2 rings (SSSR count). The number of nitrogens with zero attached hydrogens (tertiary/aromatic N) is 2. The van der Waals surface area contributed by atoms with Crippen LogP contribution in [0.2, 0.25) is 0 Å². The van der Waals surface area contributed by atoms with E-state index in [1.807, 2.05) is 4.68 Å². The van der Waals surface area contributed by atoms with Gasteiger partial charge in [0, 0.05) is 17.8 Å².